The lowest BCUT2D eigenvalue weighted by Crippen LogP contribution is -2.20. The molecule has 0 unspecified atom stereocenters. The number of carboxylic acid groups (broad SMARTS) is 1. The quantitative estimate of drug-likeness (QED) is 0.699. The molecule has 0 aliphatic rings. The maximum absolute atomic E-state index is 11.8. The van der Waals surface area contributed by atoms with Crippen LogP contribution in [-0.4, -0.2) is 41.4 Å². The van der Waals surface area contributed by atoms with Crippen molar-refractivity contribution in [2.24, 2.45) is 0 Å². The highest BCUT2D eigenvalue weighted by Crippen LogP contribution is 2.17. The van der Waals surface area contributed by atoms with Gasteiger partial charge in [0.2, 0.25) is 5.91 Å². The Bertz CT molecular complexity index is 496. The van der Waals surface area contributed by atoms with Gasteiger partial charge in [-0.3, -0.25) is 4.79 Å². The molecule has 1 heterocycles. The standard InChI is InChI=1S/C11H13F3N2O4/c1-6-4-7(9(15-6)10(18)19)16-8(17)2-3-20-5-11(12,13)14/h4,15H,2-3,5H2,1H3,(H,16,17)(H,18,19). The number of nitrogens with one attached hydrogen (secondary N) is 2. The van der Waals surface area contributed by atoms with Gasteiger partial charge in [-0.25, -0.2) is 4.79 Å². The van der Waals surface area contributed by atoms with E-state index in [9.17, 15) is 22.8 Å². The van der Waals surface area contributed by atoms with E-state index in [1.54, 1.807) is 6.92 Å². The first kappa shape index (κ1) is 16.0. The van der Waals surface area contributed by atoms with Gasteiger partial charge in [0.25, 0.3) is 0 Å². The van der Waals surface area contributed by atoms with Crippen LogP contribution in [0.1, 0.15) is 22.6 Å². The highest BCUT2D eigenvalue weighted by Gasteiger charge is 2.27. The molecule has 0 atom stereocenters. The first-order valence-corrected chi connectivity index (χ1v) is 5.56. The molecule has 9 heteroatoms. The Morgan fingerprint density at radius 1 is 1.45 bits per heavy atom. The number of carboxylic acids is 1. The molecule has 112 valence electrons. The summed E-state index contributed by atoms with van der Waals surface area (Å²) in [5.74, 6) is -1.88. The molecule has 6 nitrogen and oxygen atoms in total. The summed E-state index contributed by atoms with van der Waals surface area (Å²) in [7, 11) is 0. The smallest absolute Gasteiger partial charge is 0.411 e. The van der Waals surface area contributed by atoms with Gasteiger partial charge in [0, 0.05) is 5.69 Å². The summed E-state index contributed by atoms with van der Waals surface area (Å²) in [4.78, 5) is 24.8. The highest BCUT2D eigenvalue weighted by molar-refractivity contribution is 5.99. The molecule has 0 aliphatic heterocycles. The molecule has 0 fully saturated rings. The van der Waals surface area contributed by atoms with Crippen molar-refractivity contribution in [2.75, 3.05) is 18.5 Å². The van der Waals surface area contributed by atoms with Crippen molar-refractivity contribution in [1.82, 2.24) is 4.98 Å². The predicted octanol–water partition coefficient (Wildman–Crippen LogP) is 1.93. The van der Waals surface area contributed by atoms with Gasteiger partial charge in [0.05, 0.1) is 18.7 Å². The Morgan fingerprint density at radius 3 is 2.65 bits per heavy atom. The molecule has 20 heavy (non-hydrogen) atoms. The molecule has 0 bridgehead atoms. The van der Waals surface area contributed by atoms with Crippen molar-refractivity contribution in [1.29, 1.82) is 0 Å². The lowest BCUT2D eigenvalue weighted by Gasteiger charge is -2.07. The van der Waals surface area contributed by atoms with Gasteiger partial charge >= 0.3 is 12.1 Å². The van der Waals surface area contributed by atoms with Crippen LogP contribution in [0.5, 0.6) is 0 Å². The lowest BCUT2D eigenvalue weighted by molar-refractivity contribution is -0.174. The maximum atomic E-state index is 11.8. The zero-order valence-electron chi connectivity index (χ0n) is 10.5. The van der Waals surface area contributed by atoms with Crippen LogP contribution in [0.15, 0.2) is 6.07 Å². The van der Waals surface area contributed by atoms with Crippen LogP contribution in [0.2, 0.25) is 0 Å². The van der Waals surface area contributed by atoms with E-state index < -0.39 is 31.3 Å². The minimum absolute atomic E-state index is 0.0656. The van der Waals surface area contributed by atoms with Crippen molar-refractivity contribution in [3.05, 3.63) is 17.5 Å². The lowest BCUT2D eigenvalue weighted by atomic mass is 10.3. The molecule has 1 amide bonds. The van der Waals surface area contributed by atoms with Crippen LogP contribution in [0.25, 0.3) is 0 Å². The number of H-pyrrole nitrogens is 1. The number of alkyl halides is 3. The third-order valence-electron chi connectivity index (χ3n) is 2.18. The molecule has 1 rings (SSSR count). The van der Waals surface area contributed by atoms with Crippen molar-refractivity contribution >= 4 is 17.6 Å². The van der Waals surface area contributed by atoms with Gasteiger partial charge < -0.3 is 20.1 Å². The summed E-state index contributed by atoms with van der Waals surface area (Å²) in [5, 5.41) is 11.2. The van der Waals surface area contributed by atoms with Gasteiger partial charge in [-0.15, -0.1) is 0 Å². The fraction of sp³-hybridized carbons (Fsp3) is 0.455. The number of amides is 1. The van der Waals surface area contributed by atoms with Crippen LogP contribution < -0.4 is 5.32 Å². The summed E-state index contributed by atoms with van der Waals surface area (Å²) in [6, 6.07) is 1.41. The number of carbonyl (C=O) groups excluding carboxylic acids is 1. The minimum atomic E-state index is -4.44. The molecule has 0 saturated carbocycles. The van der Waals surface area contributed by atoms with Crippen molar-refractivity contribution < 1.29 is 32.6 Å². The number of rotatable bonds is 6. The summed E-state index contributed by atoms with van der Waals surface area (Å²) >= 11 is 0. The van der Waals surface area contributed by atoms with E-state index in [4.69, 9.17) is 5.11 Å². The van der Waals surface area contributed by atoms with E-state index in [-0.39, 0.29) is 17.8 Å². The Balaban J connectivity index is 2.45. The molecular formula is C11H13F3N2O4. The molecule has 0 aromatic carbocycles. The largest absolute Gasteiger partial charge is 0.477 e. The third-order valence-corrected chi connectivity index (χ3v) is 2.18. The number of aromatic carboxylic acids is 1. The van der Waals surface area contributed by atoms with Crippen LogP contribution in [-0.2, 0) is 9.53 Å². The SMILES string of the molecule is Cc1cc(NC(=O)CCOCC(F)(F)F)c(C(=O)O)[nH]1. The number of hydrogen-bond donors (Lipinski definition) is 3. The van der Waals surface area contributed by atoms with Crippen LogP contribution in [0, 0.1) is 6.92 Å². The number of aromatic amines is 1. The average Bonchev–Trinajstić information content (AvgIpc) is 2.64. The first-order valence-electron chi connectivity index (χ1n) is 5.56. The summed E-state index contributed by atoms with van der Waals surface area (Å²) in [6.45, 7) is -0.227. The van der Waals surface area contributed by atoms with Crippen molar-refractivity contribution in [2.45, 2.75) is 19.5 Å². The fourth-order valence-corrected chi connectivity index (χ4v) is 1.42. The Hall–Kier alpha value is -2.03. The van der Waals surface area contributed by atoms with Crippen LogP contribution >= 0.6 is 0 Å². The number of hydrogen-bond acceptors (Lipinski definition) is 3. The zero-order valence-corrected chi connectivity index (χ0v) is 10.5. The number of aryl methyl sites for hydroxylation is 1. The second-order valence-electron chi connectivity index (χ2n) is 4.01. The van der Waals surface area contributed by atoms with E-state index in [1.807, 2.05) is 0 Å². The topological polar surface area (TPSA) is 91.4 Å². The molecule has 0 radical (unpaired) electrons. The van der Waals surface area contributed by atoms with Crippen molar-refractivity contribution in [3.8, 4) is 0 Å². The Morgan fingerprint density at radius 2 is 2.10 bits per heavy atom. The molecule has 0 spiro atoms. The molecular weight excluding hydrogens is 281 g/mol. The van der Waals surface area contributed by atoms with E-state index in [0.717, 1.165) is 0 Å². The van der Waals surface area contributed by atoms with Crippen LogP contribution in [0.3, 0.4) is 0 Å². The minimum Gasteiger partial charge on any atom is -0.477 e. The third kappa shape index (κ3) is 5.31. The molecule has 3 N–H and O–H groups in total. The maximum Gasteiger partial charge on any atom is 0.411 e. The second kappa shape index (κ2) is 6.42. The van der Waals surface area contributed by atoms with E-state index >= 15 is 0 Å². The summed E-state index contributed by atoms with van der Waals surface area (Å²) < 4.78 is 39.6. The van der Waals surface area contributed by atoms with Gasteiger partial charge in [0.1, 0.15) is 12.3 Å². The molecule has 0 saturated heterocycles. The summed E-state index contributed by atoms with van der Waals surface area (Å²) in [6.07, 6.45) is -4.75. The first-order chi connectivity index (χ1) is 9.19. The van der Waals surface area contributed by atoms with E-state index in [2.05, 4.69) is 15.0 Å². The van der Waals surface area contributed by atoms with Gasteiger partial charge in [-0.1, -0.05) is 0 Å². The Kier molecular flexibility index (Phi) is 5.14. The zero-order chi connectivity index (χ0) is 15.3. The van der Waals surface area contributed by atoms with Crippen molar-refractivity contribution in [3.63, 3.8) is 0 Å². The number of aromatic nitrogens is 1. The van der Waals surface area contributed by atoms with Gasteiger partial charge in [0.15, 0.2) is 0 Å². The molecule has 1 aromatic heterocycles. The normalized spacial score (nSPS) is 11.4. The highest BCUT2D eigenvalue weighted by atomic mass is 19.4. The average molecular weight is 294 g/mol. The number of carbonyl (C=O) groups is 2. The van der Waals surface area contributed by atoms with Gasteiger partial charge in [-0.05, 0) is 13.0 Å². The van der Waals surface area contributed by atoms with E-state index in [0.29, 0.717) is 5.69 Å². The Labute approximate surface area is 111 Å². The molecule has 0 aliphatic carbocycles. The molecule has 1 aromatic rings. The van der Waals surface area contributed by atoms with Crippen LogP contribution in [0.4, 0.5) is 18.9 Å². The number of ether oxygens (including phenoxy) is 1. The van der Waals surface area contributed by atoms with Gasteiger partial charge in [-0.2, -0.15) is 13.2 Å². The second-order valence-corrected chi connectivity index (χ2v) is 4.01. The predicted molar refractivity (Wildman–Crippen MR) is 62.6 cm³/mol. The summed E-state index contributed by atoms with van der Waals surface area (Å²) in [5.41, 5.74) is 0.411. The fourth-order valence-electron chi connectivity index (χ4n) is 1.42. The number of halogens is 3. The number of anilines is 1. The monoisotopic (exact) mass is 294 g/mol. The van der Waals surface area contributed by atoms with E-state index in [1.165, 1.54) is 6.07 Å².